The highest BCUT2D eigenvalue weighted by Crippen LogP contribution is 2.30. The number of halogens is 1. The van der Waals surface area contributed by atoms with Crippen molar-refractivity contribution in [1.82, 2.24) is 0 Å². The van der Waals surface area contributed by atoms with Crippen molar-refractivity contribution < 1.29 is 4.79 Å². The van der Waals surface area contributed by atoms with E-state index in [-0.39, 0.29) is 11.9 Å². The second-order valence-corrected chi connectivity index (χ2v) is 6.57. The van der Waals surface area contributed by atoms with E-state index in [1.165, 1.54) is 11.3 Å². The highest BCUT2D eigenvalue weighted by atomic mass is 79.9. The van der Waals surface area contributed by atoms with Crippen molar-refractivity contribution >= 4 is 33.2 Å². The Morgan fingerprint density at radius 1 is 1.27 bits per heavy atom. The third kappa shape index (κ3) is 2.88. The number of para-hydroxylation sites is 1. The summed E-state index contributed by atoms with van der Waals surface area (Å²) in [6.45, 7) is 4.88. The van der Waals surface area contributed by atoms with Gasteiger partial charge in [-0.15, -0.1) is 0 Å². The van der Waals surface area contributed by atoms with Gasteiger partial charge in [0.25, 0.3) is 0 Å². The van der Waals surface area contributed by atoms with Gasteiger partial charge >= 0.3 is 0 Å². The van der Waals surface area contributed by atoms with Gasteiger partial charge < -0.3 is 10.2 Å². The van der Waals surface area contributed by atoms with E-state index >= 15 is 0 Å². The summed E-state index contributed by atoms with van der Waals surface area (Å²) in [5.74, 6) is 0.0151. The first-order valence-corrected chi connectivity index (χ1v) is 8.27. The fourth-order valence-corrected chi connectivity index (χ4v) is 3.46. The Balaban J connectivity index is 1.76. The van der Waals surface area contributed by atoms with Crippen LogP contribution in [0.3, 0.4) is 0 Å². The van der Waals surface area contributed by atoms with E-state index in [1.54, 1.807) is 0 Å². The second-order valence-electron chi connectivity index (χ2n) is 5.72. The second kappa shape index (κ2) is 6.13. The summed E-state index contributed by atoms with van der Waals surface area (Å²) in [7, 11) is 0. The molecule has 0 spiro atoms. The Bertz CT molecular complexity index is 714. The van der Waals surface area contributed by atoms with Gasteiger partial charge in [-0.3, -0.25) is 4.79 Å². The van der Waals surface area contributed by atoms with Crippen LogP contribution in [0, 0.1) is 6.92 Å². The highest BCUT2D eigenvalue weighted by molar-refractivity contribution is 9.10. The number of carbonyl (C=O) groups is 1. The Morgan fingerprint density at radius 2 is 2.05 bits per heavy atom. The fraction of sp³-hybridized carbons (Fsp3) is 0.278. The number of benzene rings is 2. The van der Waals surface area contributed by atoms with E-state index in [0.717, 1.165) is 28.7 Å². The molecular weight excluding hydrogens is 340 g/mol. The summed E-state index contributed by atoms with van der Waals surface area (Å²) in [6, 6.07) is 14.0. The predicted octanol–water partition coefficient (Wildman–Crippen LogP) is 4.15. The summed E-state index contributed by atoms with van der Waals surface area (Å²) < 4.78 is 0.912. The number of nitrogens with zero attached hydrogens (tertiary/aromatic N) is 1. The molecule has 3 rings (SSSR count). The Morgan fingerprint density at radius 3 is 2.82 bits per heavy atom. The van der Waals surface area contributed by atoms with Crippen LogP contribution in [0.25, 0.3) is 0 Å². The van der Waals surface area contributed by atoms with Gasteiger partial charge in [-0.05, 0) is 65.5 Å². The lowest BCUT2D eigenvalue weighted by atomic mass is 10.1. The van der Waals surface area contributed by atoms with Gasteiger partial charge in [-0.25, -0.2) is 0 Å². The number of hydrogen-bond acceptors (Lipinski definition) is 2. The molecule has 0 radical (unpaired) electrons. The maximum atomic E-state index is 12.6. The normalized spacial score (nSPS) is 14.6. The van der Waals surface area contributed by atoms with Crippen molar-refractivity contribution in [3.8, 4) is 0 Å². The van der Waals surface area contributed by atoms with Crippen LogP contribution in [0.2, 0.25) is 0 Å². The van der Waals surface area contributed by atoms with Gasteiger partial charge in [0, 0.05) is 16.7 Å². The minimum atomic E-state index is -0.197. The van der Waals surface area contributed by atoms with E-state index < -0.39 is 0 Å². The van der Waals surface area contributed by atoms with E-state index in [2.05, 4.69) is 44.3 Å². The Labute approximate surface area is 139 Å². The lowest BCUT2D eigenvalue weighted by molar-refractivity contribution is -0.117. The van der Waals surface area contributed by atoms with E-state index in [4.69, 9.17) is 0 Å². The summed E-state index contributed by atoms with van der Waals surface area (Å²) in [4.78, 5) is 14.7. The zero-order valence-electron chi connectivity index (χ0n) is 12.8. The van der Waals surface area contributed by atoms with E-state index in [9.17, 15) is 4.79 Å². The molecule has 1 amide bonds. The van der Waals surface area contributed by atoms with E-state index in [1.807, 2.05) is 38.1 Å². The van der Waals surface area contributed by atoms with Crippen LogP contribution in [-0.2, 0) is 11.2 Å². The first-order chi connectivity index (χ1) is 10.6. The lowest BCUT2D eigenvalue weighted by Crippen LogP contribution is -2.41. The smallest absolute Gasteiger partial charge is 0.246 e. The van der Waals surface area contributed by atoms with Crippen LogP contribution in [0.4, 0.5) is 11.4 Å². The minimum absolute atomic E-state index is 0.0151. The van der Waals surface area contributed by atoms with Crippen molar-refractivity contribution in [2.75, 3.05) is 16.8 Å². The number of anilines is 2. The van der Waals surface area contributed by atoms with Crippen LogP contribution < -0.4 is 10.2 Å². The summed E-state index contributed by atoms with van der Waals surface area (Å²) >= 11 is 3.51. The highest BCUT2D eigenvalue weighted by Gasteiger charge is 2.27. The first kappa shape index (κ1) is 15.1. The van der Waals surface area contributed by atoms with Gasteiger partial charge in [0.05, 0.1) is 5.69 Å². The van der Waals surface area contributed by atoms with Crippen molar-refractivity contribution in [2.45, 2.75) is 26.3 Å². The molecule has 2 aromatic rings. The Kier molecular flexibility index (Phi) is 4.21. The first-order valence-electron chi connectivity index (χ1n) is 7.48. The predicted molar refractivity (Wildman–Crippen MR) is 94.5 cm³/mol. The van der Waals surface area contributed by atoms with Gasteiger partial charge in [0.2, 0.25) is 5.91 Å². The average Bonchev–Trinajstić information content (AvgIpc) is 2.93. The minimum Gasteiger partial charge on any atom is -0.359 e. The summed E-state index contributed by atoms with van der Waals surface area (Å²) in [6.07, 6.45) is 1.00. The Hall–Kier alpha value is -1.81. The molecule has 22 heavy (non-hydrogen) atoms. The average molecular weight is 359 g/mol. The molecule has 1 aliphatic rings. The van der Waals surface area contributed by atoms with Crippen LogP contribution >= 0.6 is 15.9 Å². The summed E-state index contributed by atoms with van der Waals surface area (Å²) in [5, 5.41) is 3.02. The molecule has 114 valence electrons. The molecule has 1 heterocycles. The standard InChI is InChI=1S/C18H19BrN2O/c1-12-7-8-16(15(19)11-12)20-18(22)13(2)21-10-9-14-5-3-4-6-17(14)21/h3-8,11,13H,9-10H2,1-2H3,(H,20,22)/t13-/m0/s1. The zero-order chi connectivity index (χ0) is 15.7. The molecule has 0 unspecified atom stereocenters. The number of hydrogen-bond donors (Lipinski definition) is 1. The van der Waals surface area contributed by atoms with Crippen molar-refractivity contribution in [3.63, 3.8) is 0 Å². The van der Waals surface area contributed by atoms with Crippen LogP contribution in [0.5, 0.6) is 0 Å². The van der Waals surface area contributed by atoms with Crippen molar-refractivity contribution in [1.29, 1.82) is 0 Å². The van der Waals surface area contributed by atoms with Crippen molar-refractivity contribution in [3.05, 3.63) is 58.1 Å². The quantitative estimate of drug-likeness (QED) is 0.893. The molecule has 0 saturated carbocycles. The molecule has 0 saturated heterocycles. The zero-order valence-corrected chi connectivity index (χ0v) is 14.4. The SMILES string of the molecule is Cc1ccc(NC(=O)[C@H](C)N2CCc3ccccc32)c(Br)c1. The molecule has 0 fully saturated rings. The molecular formula is C18H19BrN2O. The van der Waals surface area contributed by atoms with Gasteiger partial charge in [-0.2, -0.15) is 0 Å². The van der Waals surface area contributed by atoms with Crippen LogP contribution in [0.15, 0.2) is 46.9 Å². The molecule has 0 aromatic heterocycles. The molecule has 1 aliphatic heterocycles. The number of amides is 1. The molecule has 4 heteroatoms. The molecule has 0 aliphatic carbocycles. The van der Waals surface area contributed by atoms with Gasteiger partial charge in [0.15, 0.2) is 0 Å². The van der Waals surface area contributed by atoms with Gasteiger partial charge in [-0.1, -0.05) is 24.3 Å². The van der Waals surface area contributed by atoms with Crippen LogP contribution in [-0.4, -0.2) is 18.5 Å². The number of nitrogens with one attached hydrogen (secondary N) is 1. The maximum Gasteiger partial charge on any atom is 0.246 e. The molecule has 3 nitrogen and oxygen atoms in total. The molecule has 2 aromatic carbocycles. The number of rotatable bonds is 3. The van der Waals surface area contributed by atoms with Crippen LogP contribution in [0.1, 0.15) is 18.1 Å². The number of aryl methyl sites for hydroxylation is 1. The number of carbonyl (C=O) groups excluding carboxylic acids is 1. The van der Waals surface area contributed by atoms with Crippen molar-refractivity contribution in [2.24, 2.45) is 0 Å². The summed E-state index contributed by atoms with van der Waals surface area (Å²) in [5.41, 5.74) is 4.47. The third-order valence-corrected chi connectivity index (χ3v) is 4.81. The fourth-order valence-electron chi connectivity index (χ4n) is 2.87. The molecule has 1 atom stereocenters. The number of fused-ring (bicyclic) bond motifs is 1. The monoisotopic (exact) mass is 358 g/mol. The third-order valence-electron chi connectivity index (χ3n) is 4.15. The van der Waals surface area contributed by atoms with E-state index in [0.29, 0.717) is 0 Å². The lowest BCUT2D eigenvalue weighted by Gasteiger charge is -2.26. The molecule has 0 bridgehead atoms. The molecule has 1 N–H and O–H groups in total. The largest absolute Gasteiger partial charge is 0.359 e. The topological polar surface area (TPSA) is 32.3 Å². The van der Waals surface area contributed by atoms with Gasteiger partial charge in [0.1, 0.15) is 6.04 Å². The maximum absolute atomic E-state index is 12.6.